The Labute approximate surface area is 151 Å². The number of thiophene rings is 1. The molecule has 0 spiro atoms. The first-order chi connectivity index (χ1) is 12.3. The Hall–Kier alpha value is -2.85. The number of hydrogen-bond donors (Lipinski definition) is 1. The minimum absolute atomic E-state index is 0.0547. The maximum absolute atomic E-state index is 13.0. The summed E-state index contributed by atoms with van der Waals surface area (Å²) in [5, 5.41) is 5.53. The highest BCUT2D eigenvalue weighted by atomic mass is 32.1. The summed E-state index contributed by atoms with van der Waals surface area (Å²) in [6.07, 6.45) is 3.95. The molecule has 0 bridgehead atoms. The van der Waals surface area contributed by atoms with E-state index < -0.39 is 0 Å². The highest BCUT2D eigenvalue weighted by Gasteiger charge is 2.30. The van der Waals surface area contributed by atoms with E-state index in [0.717, 1.165) is 16.8 Å². The smallest absolute Gasteiger partial charge is 0.258 e. The summed E-state index contributed by atoms with van der Waals surface area (Å²) in [4.78, 5) is 16.1. The van der Waals surface area contributed by atoms with E-state index in [-0.39, 0.29) is 12.1 Å². The number of hydrogen-bond acceptors (Lipinski definition) is 3. The van der Waals surface area contributed by atoms with Crippen LogP contribution in [-0.4, -0.2) is 17.0 Å². The predicted octanol–water partition coefficient (Wildman–Crippen LogP) is 4.86. The van der Waals surface area contributed by atoms with Gasteiger partial charge in [-0.3, -0.25) is 4.79 Å². The first kappa shape index (κ1) is 15.7. The van der Waals surface area contributed by atoms with Gasteiger partial charge in [0.05, 0.1) is 5.56 Å². The highest BCUT2D eigenvalue weighted by molar-refractivity contribution is 7.10. The van der Waals surface area contributed by atoms with E-state index in [1.54, 1.807) is 11.3 Å². The number of carbonyl (C=O) groups excluding carboxylic acids is 1. The van der Waals surface area contributed by atoms with Crippen LogP contribution in [0.1, 0.15) is 20.8 Å². The quantitative estimate of drug-likeness (QED) is 0.732. The summed E-state index contributed by atoms with van der Waals surface area (Å²) in [6, 6.07) is 21.9. The Morgan fingerprint density at radius 3 is 2.60 bits per heavy atom. The molecule has 3 nitrogen and oxygen atoms in total. The summed E-state index contributed by atoms with van der Waals surface area (Å²) in [7, 11) is 0. The van der Waals surface area contributed by atoms with Crippen molar-refractivity contribution in [2.24, 2.45) is 0 Å². The molecule has 1 aliphatic rings. The second-order valence-corrected chi connectivity index (χ2v) is 6.91. The molecule has 4 rings (SSSR count). The fraction of sp³-hybridized carbons (Fsp3) is 0.0952. The average Bonchev–Trinajstić information content (AvgIpc) is 3.17. The second-order valence-electron chi connectivity index (χ2n) is 5.93. The van der Waals surface area contributed by atoms with Crippen LogP contribution in [0.4, 0.5) is 5.69 Å². The summed E-state index contributed by atoms with van der Waals surface area (Å²) >= 11 is 1.69. The molecule has 0 fully saturated rings. The third-order valence-electron chi connectivity index (χ3n) is 4.24. The van der Waals surface area contributed by atoms with Crippen LogP contribution >= 0.6 is 11.3 Å². The van der Waals surface area contributed by atoms with E-state index in [1.165, 1.54) is 4.88 Å². The van der Waals surface area contributed by atoms with E-state index in [1.807, 2.05) is 65.6 Å². The number of nitrogens with zero attached hydrogens (tertiary/aromatic N) is 1. The SMILES string of the molecule is O=C1c2ccccc2N[C@H](/C=C/c2cccs2)N1Cc1ccccc1. The molecule has 25 heavy (non-hydrogen) atoms. The minimum Gasteiger partial charge on any atom is -0.361 e. The van der Waals surface area contributed by atoms with Crippen LogP contribution in [0, 0.1) is 0 Å². The van der Waals surface area contributed by atoms with Crippen molar-refractivity contribution in [3.8, 4) is 0 Å². The van der Waals surface area contributed by atoms with Gasteiger partial charge in [-0.05, 0) is 41.3 Å². The third kappa shape index (κ3) is 3.35. The van der Waals surface area contributed by atoms with Gasteiger partial charge in [-0.2, -0.15) is 0 Å². The van der Waals surface area contributed by atoms with E-state index in [2.05, 4.69) is 28.9 Å². The monoisotopic (exact) mass is 346 g/mol. The zero-order chi connectivity index (χ0) is 17.1. The average molecular weight is 346 g/mol. The Morgan fingerprint density at radius 2 is 1.80 bits per heavy atom. The molecule has 1 aliphatic heterocycles. The maximum Gasteiger partial charge on any atom is 0.258 e. The van der Waals surface area contributed by atoms with Gasteiger partial charge in [0.15, 0.2) is 0 Å². The van der Waals surface area contributed by atoms with E-state index in [9.17, 15) is 4.79 Å². The van der Waals surface area contributed by atoms with Crippen LogP contribution in [0.3, 0.4) is 0 Å². The summed E-state index contributed by atoms with van der Waals surface area (Å²) in [5.74, 6) is 0.0547. The lowest BCUT2D eigenvalue weighted by atomic mass is 10.1. The van der Waals surface area contributed by atoms with Crippen molar-refractivity contribution in [1.29, 1.82) is 0 Å². The van der Waals surface area contributed by atoms with Crippen LogP contribution in [0.15, 0.2) is 78.2 Å². The standard InChI is InChI=1S/C21H18N2OS/c24-21-18-10-4-5-11-19(18)22-20(13-12-17-9-6-14-25-17)23(21)15-16-7-2-1-3-8-16/h1-14,20,22H,15H2/b13-12+/t20-/m0/s1. The molecule has 1 N–H and O–H groups in total. The van der Waals surface area contributed by atoms with E-state index in [4.69, 9.17) is 0 Å². The number of rotatable bonds is 4. The summed E-state index contributed by atoms with van der Waals surface area (Å²) in [5.41, 5.74) is 2.73. The number of benzene rings is 2. The molecule has 4 heteroatoms. The third-order valence-corrected chi connectivity index (χ3v) is 5.08. The molecule has 1 amide bonds. The van der Waals surface area contributed by atoms with Crippen molar-refractivity contribution >= 4 is 29.0 Å². The van der Waals surface area contributed by atoms with Gasteiger partial charge in [-0.1, -0.05) is 48.5 Å². The van der Waals surface area contributed by atoms with Crippen LogP contribution in [-0.2, 0) is 6.54 Å². The van der Waals surface area contributed by atoms with Gasteiger partial charge in [0.1, 0.15) is 6.17 Å². The molecule has 2 heterocycles. The Balaban J connectivity index is 1.67. The molecule has 2 aromatic carbocycles. The van der Waals surface area contributed by atoms with E-state index >= 15 is 0 Å². The lowest BCUT2D eigenvalue weighted by Gasteiger charge is -2.36. The largest absolute Gasteiger partial charge is 0.361 e. The molecule has 3 aromatic rings. The molecule has 1 aromatic heterocycles. The van der Waals surface area contributed by atoms with Crippen LogP contribution in [0.5, 0.6) is 0 Å². The summed E-state index contributed by atoms with van der Waals surface area (Å²) in [6.45, 7) is 0.570. The molecule has 0 saturated heterocycles. The van der Waals surface area contributed by atoms with Crippen LogP contribution in [0.2, 0.25) is 0 Å². The number of carbonyl (C=O) groups is 1. The van der Waals surface area contributed by atoms with E-state index in [0.29, 0.717) is 6.54 Å². The van der Waals surface area contributed by atoms with Crippen LogP contribution < -0.4 is 5.32 Å². The molecule has 124 valence electrons. The van der Waals surface area contributed by atoms with Crippen molar-refractivity contribution in [2.45, 2.75) is 12.7 Å². The second kappa shape index (κ2) is 6.95. The van der Waals surface area contributed by atoms with Crippen LogP contribution in [0.25, 0.3) is 6.08 Å². The van der Waals surface area contributed by atoms with Gasteiger partial charge < -0.3 is 10.2 Å². The maximum atomic E-state index is 13.0. The fourth-order valence-electron chi connectivity index (χ4n) is 2.99. The molecule has 0 unspecified atom stereocenters. The molecular weight excluding hydrogens is 328 g/mol. The fourth-order valence-corrected chi connectivity index (χ4v) is 3.62. The Morgan fingerprint density at radius 1 is 1.00 bits per heavy atom. The molecule has 1 atom stereocenters. The van der Waals surface area contributed by atoms with Gasteiger partial charge >= 0.3 is 0 Å². The van der Waals surface area contributed by atoms with Gasteiger partial charge in [-0.25, -0.2) is 0 Å². The lowest BCUT2D eigenvalue weighted by molar-refractivity contribution is 0.0703. The first-order valence-corrected chi connectivity index (χ1v) is 9.11. The minimum atomic E-state index is -0.176. The normalized spacial score (nSPS) is 16.7. The zero-order valence-corrected chi connectivity index (χ0v) is 14.4. The lowest BCUT2D eigenvalue weighted by Crippen LogP contribution is -2.47. The Kier molecular flexibility index (Phi) is 4.36. The van der Waals surface area contributed by atoms with Crippen molar-refractivity contribution < 1.29 is 4.79 Å². The number of fused-ring (bicyclic) bond motifs is 1. The van der Waals surface area contributed by atoms with Gasteiger partial charge in [0, 0.05) is 17.1 Å². The highest BCUT2D eigenvalue weighted by Crippen LogP contribution is 2.27. The topological polar surface area (TPSA) is 32.3 Å². The Bertz CT molecular complexity index is 887. The predicted molar refractivity (Wildman–Crippen MR) is 104 cm³/mol. The van der Waals surface area contributed by atoms with Crippen molar-refractivity contribution in [3.63, 3.8) is 0 Å². The van der Waals surface area contributed by atoms with Gasteiger partial charge in [0.25, 0.3) is 5.91 Å². The summed E-state index contributed by atoms with van der Waals surface area (Å²) < 4.78 is 0. The van der Waals surface area contributed by atoms with Gasteiger partial charge in [-0.15, -0.1) is 11.3 Å². The van der Waals surface area contributed by atoms with Crippen molar-refractivity contribution in [2.75, 3.05) is 5.32 Å². The number of nitrogens with one attached hydrogen (secondary N) is 1. The number of para-hydroxylation sites is 1. The van der Waals surface area contributed by atoms with Crippen molar-refractivity contribution in [1.82, 2.24) is 4.90 Å². The molecule has 0 saturated carbocycles. The number of amides is 1. The molecule has 0 aliphatic carbocycles. The first-order valence-electron chi connectivity index (χ1n) is 8.23. The zero-order valence-electron chi connectivity index (χ0n) is 13.6. The van der Waals surface area contributed by atoms with Crippen molar-refractivity contribution in [3.05, 3.63) is 94.2 Å². The van der Waals surface area contributed by atoms with Gasteiger partial charge in [0.2, 0.25) is 0 Å². The number of anilines is 1. The molecular formula is C21H18N2OS. The molecule has 0 radical (unpaired) electrons.